The summed E-state index contributed by atoms with van der Waals surface area (Å²) in [4.78, 5) is 11.3. The smallest absolute Gasteiger partial charge is 0.224 e. The molecule has 0 aromatic carbocycles. The lowest BCUT2D eigenvalue weighted by molar-refractivity contribution is -0.123. The fourth-order valence-electron chi connectivity index (χ4n) is 1.26. The van der Waals surface area contributed by atoms with Crippen molar-refractivity contribution in [1.29, 1.82) is 5.26 Å². The van der Waals surface area contributed by atoms with Crippen molar-refractivity contribution in [2.45, 2.75) is 33.2 Å². The Morgan fingerprint density at radius 2 is 2.25 bits per heavy atom. The van der Waals surface area contributed by atoms with Gasteiger partial charge in [-0.2, -0.15) is 5.26 Å². The maximum Gasteiger partial charge on any atom is 0.224 e. The number of amides is 1. The first kappa shape index (κ1) is 9.05. The van der Waals surface area contributed by atoms with E-state index in [1.807, 2.05) is 6.07 Å². The molecule has 0 heterocycles. The van der Waals surface area contributed by atoms with Gasteiger partial charge >= 0.3 is 0 Å². The Balaban J connectivity index is 2.38. The average Bonchev–Trinajstić information content (AvgIpc) is 2.59. The van der Waals surface area contributed by atoms with Crippen molar-refractivity contribution in [3.05, 3.63) is 0 Å². The van der Waals surface area contributed by atoms with E-state index in [2.05, 4.69) is 19.2 Å². The highest BCUT2D eigenvalue weighted by atomic mass is 16.2. The van der Waals surface area contributed by atoms with Crippen LogP contribution in [0.2, 0.25) is 0 Å². The van der Waals surface area contributed by atoms with Crippen molar-refractivity contribution < 1.29 is 4.79 Å². The Hall–Kier alpha value is -1.04. The summed E-state index contributed by atoms with van der Waals surface area (Å²) in [7, 11) is 0. The van der Waals surface area contributed by atoms with Crippen LogP contribution in [0.5, 0.6) is 0 Å². The van der Waals surface area contributed by atoms with Crippen LogP contribution in [0.1, 0.15) is 27.2 Å². The molecule has 3 nitrogen and oxygen atoms in total. The van der Waals surface area contributed by atoms with E-state index in [1.54, 1.807) is 6.92 Å². The fraction of sp³-hybridized carbons (Fsp3) is 0.778. The van der Waals surface area contributed by atoms with E-state index < -0.39 is 0 Å². The molecule has 0 saturated heterocycles. The average molecular weight is 166 g/mol. The van der Waals surface area contributed by atoms with Gasteiger partial charge in [-0.1, -0.05) is 13.8 Å². The van der Waals surface area contributed by atoms with Crippen LogP contribution in [0.3, 0.4) is 0 Å². The summed E-state index contributed by atoms with van der Waals surface area (Å²) in [6.45, 7) is 5.82. The highest BCUT2D eigenvalue weighted by molar-refractivity contribution is 5.82. The van der Waals surface area contributed by atoms with E-state index in [9.17, 15) is 4.79 Å². The van der Waals surface area contributed by atoms with Crippen molar-refractivity contribution in [2.75, 3.05) is 0 Å². The number of nitrogens with one attached hydrogen (secondary N) is 1. The van der Waals surface area contributed by atoms with Gasteiger partial charge < -0.3 is 5.32 Å². The van der Waals surface area contributed by atoms with Crippen LogP contribution in [0, 0.1) is 22.7 Å². The third kappa shape index (κ3) is 1.76. The molecule has 1 fully saturated rings. The molecule has 12 heavy (non-hydrogen) atoms. The summed E-state index contributed by atoms with van der Waals surface area (Å²) in [6, 6.07) is 1.61. The summed E-state index contributed by atoms with van der Waals surface area (Å²) in [5.74, 6) is 0.141. The Morgan fingerprint density at radius 3 is 2.58 bits per heavy atom. The molecular formula is C9H14N2O. The second-order valence-corrected chi connectivity index (χ2v) is 4.10. The van der Waals surface area contributed by atoms with Gasteiger partial charge in [0.25, 0.3) is 0 Å². The number of hydrogen-bond acceptors (Lipinski definition) is 2. The van der Waals surface area contributed by atoms with E-state index in [0.29, 0.717) is 0 Å². The van der Waals surface area contributed by atoms with Crippen LogP contribution in [0.15, 0.2) is 0 Å². The monoisotopic (exact) mass is 166 g/mol. The van der Waals surface area contributed by atoms with Crippen molar-refractivity contribution in [1.82, 2.24) is 5.32 Å². The van der Waals surface area contributed by atoms with Gasteiger partial charge in [-0.3, -0.25) is 4.79 Å². The zero-order valence-electron chi connectivity index (χ0n) is 7.72. The molecule has 0 spiro atoms. The molecule has 0 radical (unpaired) electrons. The third-order valence-electron chi connectivity index (χ3n) is 2.38. The zero-order valence-corrected chi connectivity index (χ0v) is 7.72. The lowest BCUT2D eigenvalue weighted by atomic mass is 10.1. The molecule has 1 rings (SSSR count). The van der Waals surface area contributed by atoms with Crippen LogP contribution in [0.25, 0.3) is 0 Å². The third-order valence-corrected chi connectivity index (χ3v) is 2.38. The number of carbonyl (C=O) groups is 1. The van der Waals surface area contributed by atoms with Gasteiger partial charge in [0.1, 0.15) is 6.04 Å². The van der Waals surface area contributed by atoms with Crippen LogP contribution < -0.4 is 5.32 Å². The molecule has 3 heteroatoms. The first-order valence-corrected chi connectivity index (χ1v) is 4.17. The minimum Gasteiger partial charge on any atom is -0.340 e. The largest absolute Gasteiger partial charge is 0.340 e. The number of nitriles is 1. The van der Waals surface area contributed by atoms with Gasteiger partial charge in [-0.05, 0) is 18.8 Å². The molecule has 1 aliphatic rings. The van der Waals surface area contributed by atoms with Crippen LogP contribution in [-0.2, 0) is 4.79 Å². The zero-order chi connectivity index (χ0) is 9.35. The second kappa shape index (κ2) is 2.78. The van der Waals surface area contributed by atoms with Gasteiger partial charge in [0.2, 0.25) is 5.91 Å². The number of carbonyl (C=O) groups excluding carboxylic acids is 1. The minimum atomic E-state index is -0.367. The summed E-state index contributed by atoms with van der Waals surface area (Å²) in [5.41, 5.74) is 0.152. The molecule has 1 saturated carbocycles. The Kier molecular flexibility index (Phi) is 2.10. The van der Waals surface area contributed by atoms with Crippen LogP contribution in [0.4, 0.5) is 0 Å². The fourth-order valence-corrected chi connectivity index (χ4v) is 1.26. The molecule has 66 valence electrons. The molecule has 0 aromatic rings. The van der Waals surface area contributed by atoms with Crippen LogP contribution in [-0.4, -0.2) is 11.9 Å². The van der Waals surface area contributed by atoms with E-state index in [1.165, 1.54) is 0 Å². The highest BCUT2D eigenvalue weighted by Crippen LogP contribution is 2.51. The number of rotatable bonds is 2. The molecule has 0 bridgehead atoms. The molecule has 2 unspecified atom stereocenters. The summed E-state index contributed by atoms with van der Waals surface area (Å²) < 4.78 is 0. The number of hydrogen-bond donors (Lipinski definition) is 1. The highest BCUT2D eigenvalue weighted by Gasteiger charge is 2.50. The molecule has 2 atom stereocenters. The Bertz CT molecular complexity index is 239. The maximum absolute atomic E-state index is 11.3. The first-order chi connectivity index (χ1) is 5.47. The summed E-state index contributed by atoms with van der Waals surface area (Å²) in [6.07, 6.45) is 0.941. The molecule has 1 amide bonds. The predicted octanol–water partition coefficient (Wildman–Crippen LogP) is 1.06. The first-order valence-electron chi connectivity index (χ1n) is 4.17. The van der Waals surface area contributed by atoms with E-state index >= 15 is 0 Å². The van der Waals surface area contributed by atoms with Gasteiger partial charge in [-0.15, -0.1) is 0 Å². The molecule has 1 N–H and O–H groups in total. The normalized spacial score (nSPS) is 27.0. The Morgan fingerprint density at radius 1 is 1.75 bits per heavy atom. The van der Waals surface area contributed by atoms with E-state index in [4.69, 9.17) is 5.26 Å². The maximum atomic E-state index is 11.3. The predicted molar refractivity (Wildman–Crippen MR) is 45.1 cm³/mol. The van der Waals surface area contributed by atoms with Gasteiger partial charge in [0.15, 0.2) is 0 Å². The van der Waals surface area contributed by atoms with Crippen molar-refractivity contribution in [2.24, 2.45) is 11.3 Å². The van der Waals surface area contributed by atoms with E-state index in [0.717, 1.165) is 6.42 Å². The van der Waals surface area contributed by atoms with Crippen LogP contribution >= 0.6 is 0 Å². The molecule has 0 aromatic heterocycles. The van der Waals surface area contributed by atoms with E-state index in [-0.39, 0.29) is 23.3 Å². The quantitative estimate of drug-likeness (QED) is 0.667. The lowest BCUT2D eigenvalue weighted by Gasteiger charge is -2.06. The number of nitrogens with zero attached hydrogens (tertiary/aromatic N) is 1. The topological polar surface area (TPSA) is 52.9 Å². The SMILES string of the molecule is CC(C#N)NC(=O)C1CC1(C)C. The lowest BCUT2D eigenvalue weighted by Crippen LogP contribution is -2.33. The summed E-state index contributed by atoms with van der Waals surface area (Å²) in [5, 5.41) is 11.1. The second-order valence-electron chi connectivity index (χ2n) is 4.10. The molecule has 1 aliphatic carbocycles. The van der Waals surface area contributed by atoms with Gasteiger partial charge in [0.05, 0.1) is 6.07 Å². The Labute approximate surface area is 72.8 Å². The summed E-state index contributed by atoms with van der Waals surface area (Å²) >= 11 is 0. The van der Waals surface area contributed by atoms with Gasteiger partial charge in [-0.25, -0.2) is 0 Å². The van der Waals surface area contributed by atoms with Crippen molar-refractivity contribution >= 4 is 5.91 Å². The minimum absolute atomic E-state index is 0.0223. The standard InChI is InChI=1S/C9H14N2O/c1-6(5-10)11-8(12)7-4-9(7,2)3/h6-7H,4H2,1-3H3,(H,11,12). The van der Waals surface area contributed by atoms with Crippen molar-refractivity contribution in [3.8, 4) is 6.07 Å². The molecular weight excluding hydrogens is 152 g/mol. The van der Waals surface area contributed by atoms with Gasteiger partial charge in [0, 0.05) is 5.92 Å². The molecule has 0 aliphatic heterocycles. The van der Waals surface area contributed by atoms with Crippen molar-refractivity contribution in [3.63, 3.8) is 0 Å².